The van der Waals surface area contributed by atoms with Gasteiger partial charge in [0.2, 0.25) is 0 Å². The summed E-state index contributed by atoms with van der Waals surface area (Å²) in [5.41, 5.74) is 2.57. The Kier molecular flexibility index (Phi) is 4.94. The van der Waals surface area contributed by atoms with Gasteiger partial charge in [0.1, 0.15) is 5.82 Å². The third-order valence-electron chi connectivity index (χ3n) is 3.21. The summed E-state index contributed by atoms with van der Waals surface area (Å²) in [6, 6.07) is 6.84. The van der Waals surface area contributed by atoms with E-state index < -0.39 is 0 Å². The van der Waals surface area contributed by atoms with E-state index in [0.29, 0.717) is 5.56 Å². The van der Waals surface area contributed by atoms with Crippen LogP contribution >= 0.6 is 15.9 Å². The number of hydrogen-bond donors (Lipinski definition) is 1. The van der Waals surface area contributed by atoms with Crippen molar-refractivity contribution in [1.29, 1.82) is 0 Å². The number of aryl methyl sites for hydroxylation is 2. The minimum Gasteiger partial charge on any atom is -0.305 e. The minimum atomic E-state index is -0.208. The van der Waals surface area contributed by atoms with E-state index in [1.54, 1.807) is 6.07 Å². The van der Waals surface area contributed by atoms with Crippen LogP contribution < -0.4 is 5.32 Å². The van der Waals surface area contributed by atoms with Gasteiger partial charge in [0.15, 0.2) is 0 Å². The summed E-state index contributed by atoms with van der Waals surface area (Å²) in [5.74, 6) is -0.208. The van der Waals surface area contributed by atoms with Crippen LogP contribution in [0.2, 0.25) is 0 Å². The first-order chi connectivity index (χ1) is 9.56. The van der Waals surface area contributed by atoms with Gasteiger partial charge < -0.3 is 5.32 Å². The molecule has 0 amide bonds. The molecule has 1 aromatic heterocycles. The molecule has 2 rings (SSSR count). The fraction of sp³-hybridized carbons (Fsp3) is 0.400. The summed E-state index contributed by atoms with van der Waals surface area (Å²) in [4.78, 5) is 0. The van der Waals surface area contributed by atoms with Gasteiger partial charge in [-0.2, -0.15) is 5.10 Å². The van der Waals surface area contributed by atoms with Gasteiger partial charge in [-0.05, 0) is 44.7 Å². The normalized spacial score (nSPS) is 12.7. The van der Waals surface area contributed by atoms with Crippen LogP contribution in [0.1, 0.15) is 36.8 Å². The quantitative estimate of drug-likeness (QED) is 0.897. The largest absolute Gasteiger partial charge is 0.305 e. The molecule has 108 valence electrons. The van der Waals surface area contributed by atoms with Crippen molar-refractivity contribution in [2.75, 3.05) is 6.54 Å². The van der Waals surface area contributed by atoms with Crippen molar-refractivity contribution >= 4 is 15.9 Å². The van der Waals surface area contributed by atoms with E-state index in [-0.39, 0.29) is 11.9 Å². The Morgan fingerprint density at radius 2 is 2.10 bits per heavy atom. The first kappa shape index (κ1) is 15.2. The molecule has 1 unspecified atom stereocenters. The maximum atomic E-state index is 14.2. The summed E-state index contributed by atoms with van der Waals surface area (Å²) < 4.78 is 17.0. The van der Waals surface area contributed by atoms with E-state index >= 15 is 0 Å². The lowest BCUT2D eigenvalue weighted by Gasteiger charge is -2.20. The molecule has 1 heterocycles. The number of nitrogens with one attached hydrogen (secondary N) is 1. The number of rotatable bonds is 5. The fourth-order valence-electron chi connectivity index (χ4n) is 2.36. The van der Waals surface area contributed by atoms with Crippen molar-refractivity contribution in [2.45, 2.75) is 33.4 Å². The molecule has 0 spiro atoms. The number of hydrogen-bond acceptors (Lipinski definition) is 2. The second kappa shape index (κ2) is 6.50. The molecular weight excluding hydrogens is 321 g/mol. The molecule has 0 bridgehead atoms. The van der Waals surface area contributed by atoms with Gasteiger partial charge in [-0.25, -0.2) is 4.39 Å². The third-order valence-corrected chi connectivity index (χ3v) is 3.70. The maximum Gasteiger partial charge on any atom is 0.128 e. The molecular formula is C15H19BrFN3. The number of aromatic nitrogens is 2. The molecule has 0 saturated carbocycles. The van der Waals surface area contributed by atoms with Crippen LogP contribution in [0, 0.1) is 12.7 Å². The predicted octanol–water partition coefficient (Wildman–Crippen LogP) is 3.81. The zero-order valence-electron chi connectivity index (χ0n) is 12.0. The van der Waals surface area contributed by atoms with Crippen LogP contribution in [0.5, 0.6) is 0 Å². The van der Waals surface area contributed by atoms with Gasteiger partial charge in [-0.1, -0.05) is 22.9 Å². The lowest BCUT2D eigenvalue weighted by Crippen LogP contribution is -2.25. The smallest absolute Gasteiger partial charge is 0.128 e. The Morgan fingerprint density at radius 3 is 2.75 bits per heavy atom. The molecule has 20 heavy (non-hydrogen) atoms. The minimum absolute atomic E-state index is 0.196. The van der Waals surface area contributed by atoms with Crippen LogP contribution in [0.4, 0.5) is 4.39 Å². The van der Waals surface area contributed by atoms with Gasteiger partial charge >= 0.3 is 0 Å². The average Bonchev–Trinajstić information content (AvgIpc) is 2.80. The SMILES string of the molecule is CCNC(c1cc(Br)ccc1F)c1cc(C)nn1CC. The van der Waals surface area contributed by atoms with E-state index in [2.05, 4.69) is 26.3 Å². The molecule has 1 aromatic carbocycles. The first-order valence-electron chi connectivity index (χ1n) is 6.79. The van der Waals surface area contributed by atoms with Crippen LogP contribution in [-0.2, 0) is 6.54 Å². The molecule has 0 aliphatic rings. The molecule has 0 fully saturated rings. The highest BCUT2D eigenvalue weighted by atomic mass is 79.9. The zero-order chi connectivity index (χ0) is 14.7. The zero-order valence-corrected chi connectivity index (χ0v) is 13.5. The highest BCUT2D eigenvalue weighted by Crippen LogP contribution is 2.27. The molecule has 0 radical (unpaired) electrons. The van der Waals surface area contributed by atoms with Gasteiger partial charge in [0, 0.05) is 16.6 Å². The Bertz CT molecular complexity index is 595. The standard InChI is InChI=1S/C15H19BrFN3/c1-4-18-15(12-9-11(16)6-7-13(12)17)14-8-10(3)19-20(14)5-2/h6-9,15,18H,4-5H2,1-3H3. The van der Waals surface area contributed by atoms with Gasteiger partial charge in [-0.15, -0.1) is 0 Å². The number of halogens is 2. The molecule has 1 N–H and O–H groups in total. The maximum absolute atomic E-state index is 14.2. The van der Waals surface area contributed by atoms with Gasteiger partial charge in [0.25, 0.3) is 0 Å². The van der Waals surface area contributed by atoms with Crippen LogP contribution in [0.25, 0.3) is 0 Å². The molecule has 1 atom stereocenters. The third kappa shape index (κ3) is 3.10. The average molecular weight is 340 g/mol. The number of benzene rings is 1. The summed E-state index contributed by atoms with van der Waals surface area (Å²) >= 11 is 3.41. The van der Waals surface area contributed by atoms with Crippen LogP contribution in [0.15, 0.2) is 28.7 Å². The van der Waals surface area contributed by atoms with Crippen molar-refractivity contribution < 1.29 is 4.39 Å². The molecule has 5 heteroatoms. The second-order valence-electron chi connectivity index (χ2n) is 4.68. The van der Waals surface area contributed by atoms with Crippen LogP contribution in [-0.4, -0.2) is 16.3 Å². The molecule has 0 aliphatic carbocycles. The summed E-state index contributed by atoms with van der Waals surface area (Å²) in [6.07, 6.45) is 0. The monoisotopic (exact) mass is 339 g/mol. The summed E-state index contributed by atoms with van der Waals surface area (Å²) in [6.45, 7) is 7.53. The van der Waals surface area contributed by atoms with Crippen molar-refractivity contribution in [3.8, 4) is 0 Å². The Balaban J connectivity index is 2.52. The highest BCUT2D eigenvalue weighted by molar-refractivity contribution is 9.10. The van der Waals surface area contributed by atoms with Crippen molar-refractivity contribution in [3.63, 3.8) is 0 Å². The van der Waals surface area contributed by atoms with E-state index in [9.17, 15) is 4.39 Å². The Morgan fingerprint density at radius 1 is 1.35 bits per heavy atom. The van der Waals surface area contributed by atoms with Gasteiger partial charge in [0.05, 0.1) is 17.4 Å². The van der Waals surface area contributed by atoms with Gasteiger partial charge in [-0.3, -0.25) is 4.68 Å². The number of nitrogens with zero attached hydrogens (tertiary/aromatic N) is 2. The summed E-state index contributed by atoms with van der Waals surface area (Å²) in [5, 5.41) is 7.80. The topological polar surface area (TPSA) is 29.9 Å². The lowest BCUT2D eigenvalue weighted by atomic mass is 10.0. The Labute approximate surface area is 127 Å². The van der Waals surface area contributed by atoms with Crippen molar-refractivity contribution in [3.05, 3.63) is 51.5 Å². The molecule has 2 aromatic rings. The van der Waals surface area contributed by atoms with Crippen molar-refractivity contribution in [2.24, 2.45) is 0 Å². The summed E-state index contributed by atoms with van der Waals surface area (Å²) in [7, 11) is 0. The van der Waals surface area contributed by atoms with E-state index in [1.165, 1.54) is 6.07 Å². The molecule has 0 saturated heterocycles. The van der Waals surface area contributed by atoms with E-state index in [0.717, 1.165) is 29.0 Å². The highest BCUT2D eigenvalue weighted by Gasteiger charge is 2.21. The van der Waals surface area contributed by atoms with E-state index in [1.807, 2.05) is 37.6 Å². The molecule has 3 nitrogen and oxygen atoms in total. The second-order valence-corrected chi connectivity index (χ2v) is 5.60. The van der Waals surface area contributed by atoms with Crippen LogP contribution in [0.3, 0.4) is 0 Å². The Hall–Kier alpha value is -1.20. The first-order valence-corrected chi connectivity index (χ1v) is 7.58. The van der Waals surface area contributed by atoms with E-state index in [4.69, 9.17) is 0 Å². The predicted molar refractivity (Wildman–Crippen MR) is 82.3 cm³/mol. The molecule has 0 aliphatic heterocycles. The lowest BCUT2D eigenvalue weighted by molar-refractivity contribution is 0.514. The fourth-order valence-corrected chi connectivity index (χ4v) is 2.74. The van der Waals surface area contributed by atoms with Crippen molar-refractivity contribution in [1.82, 2.24) is 15.1 Å².